The third kappa shape index (κ3) is 69.0. The van der Waals surface area contributed by atoms with Crippen LogP contribution in [-0.2, 0) is 65.4 Å². The van der Waals surface area contributed by atoms with Crippen LogP contribution in [0.1, 0.15) is 383 Å². The van der Waals surface area contributed by atoms with Gasteiger partial charge in [0.1, 0.15) is 19.3 Å². The number of phosphoric acid groups is 2. The lowest BCUT2D eigenvalue weighted by Gasteiger charge is -2.21. The van der Waals surface area contributed by atoms with Crippen LogP contribution in [0.2, 0.25) is 0 Å². The average molecular weight is 1400 g/mol. The predicted octanol–water partition coefficient (Wildman–Crippen LogP) is 22.0. The van der Waals surface area contributed by atoms with Gasteiger partial charge in [0.15, 0.2) is 12.2 Å². The summed E-state index contributed by atoms with van der Waals surface area (Å²) in [5, 5.41) is 10.6. The number of rotatable bonds is 73. The summed E-state index contributed by atoms with van der Waals surface area (Å²) >= 11 is 0. The molecule has 564 valence electrons. The fourth-order valence-corrected chi connectivity index (χ4v) is 13.1. The second kappa shape index (κ2) is 65.4. The zero-order valence-electron chi connectivity index (χ0n) is 62.3. The summed E-state index contributed by atoms with van der Waals surface area (Å²) in [4.78, 5) is 72.7. The molecular weight excluding hydrogens is 1250 g/mol. The lowest BCUT2D eigenvalue weighted by Crippen LogP contribution is -2.30. The Hall–Kier alpha value is -1.94. The van der Waals surface area contributed by atoms with E-state index in [4.69, 9.17) is 37.0 Å². The fourth-order valence-electron chi connectivity index (χ4n) is 11.5. The lowest BCUT2D eigenvalue weighted by molar-refractivity contribution is -0.161. The Labute approximate surface area is 581 Å². The van der Waals surface area contributed by atoms with Crippen LogP contribution in [0.5, 0.6) is 0 Å². The van der Waals surface area contributed by atoms with Crippen LogP contribution in [0.3, 0.4) is 0 Å². The van der Waals surface area contributed by atoms with Gasteiger partial charge >= 0.3 is 39.5 Å². The number of carbonyl (C=O) groups excluding carboxylic acids is 4. The molecule has 0 rings (SSSR count). The number of ether oxygens (including phenoxy) is 4. The molecule has 0 aliphatic rings. The van der Waals surface area contributed by atoms with Crippen molar-refractivity contribution in [1.29, 1.82) is 0 Å². The normalized spacial score (nSPS) is 14.4. The molecule has 0 radical (unpaired) electrons. The van der Waals surface area contributed by atoms with Gasteiger partial charge in [-0.25, -0.2) is 9.13 Å². The summed E-state index contributed by atoms with van der Waals surface area (Å²) in [6.45, 7) is 14.1. The molecule has 6 atom stereocenters. The number of aliphatic hydroxyl groups is 1. The van der Waals surface area contributed by atoms with Crippen molar-refractivity contribution in [2.75, 3.05) is 39.6 Å². The fraction of sp³-hybridized carbons (Fsp3) is 0.947. The number of hydrogen-bond acceptors (Lipinski definition) is 15. The van der Waals surface area contributed by atoms with E-state index < -0.39 is 97.5 Å². The highest BCUT2D eigenvalue weighted by Gasteiger charge is 2.30. The minimum Gasteiger partial charge on any atom is -0.462 e. The molecule has 3 N–H and O–H groups in total. The molecule has 0 aromatic carbocycles. The summed E-state index contributed by atoms with van der Waals surface area (Å²) in [5.41, 5.74) is 0. The minimum atomic E-state index is -4.96. The third-order valence-corrected chi connectivity index (χ3v) is 19.8. The molecule has 0 aromatic heterocycles. The van der Waals surface area contributed by atoms with Crippen molar-refractivity contribution in [3.8, 4) is 0 Å². The van der Waals surface area contributed by atoms with Gasteiger partial charge in [0.25, 0.3) is 0 Å². The number of esters is 4. The molecule has 0 bridgehead atoms. The van der Waals surface area contributed by atoms with E-state index in [2.05, 4.69) is 55.4 Å². The molecule has 0 heterocycles. The molecule has 0 saturated carbocycles. The second-order valence-electron chi connectivity index (χ2n) is 29.1. The van der Waals surface area contributed by atoms with Crippen LogP contribution in [0, 0.1) is 23.7 Å². The first-order valence-corrected chi connectivity index (χ1v) is 42.2. The molecule has 19 heteroatoms. The highest BCUT2D eigenvalue weighted by Crippen LogP contribution is 2.45. The minimum absolute atomic E-state index is 0.105. The van der Waals surface area contributed by atoms with Crippen molar-refractivity contribution < 1.29 is 80.2 Å². The Bertz CT molecular complexity index is 1870. The van der Waals surface area contributed by atoms with E-state index in [0.29, 0.717) is 37.5 Å². The zero-order valence-corrected chi connectivity index (χ0v) is 64.1. The average Bonchev–Trinajstić information content (AvgIpc) is 1.40. The molecule has 17 nitrogen and oxygen atoms in total. The van der Waals surface area contributed by atoms with Gasteiger partial charge in [-0.2, -0.15) is 0 Å². The van der Waals surface area contributed by atoms with E-state index in [1.54, 1.807) is 0 Å². The Kier molecular flexibility index (Phi) is 64.0. The molecule has 0 spiro atoms. The standard InChI is InChI=1S/C76H148O17P2/c1-9-69(8)55-47-39-30-24-20-16-14-12-10-11-13-15-17-21-25-31-42-50-58-75(80)92-71(62-86-73(78)56-48-40-33-27-29-37-45-53-67(4)5)64-90-94(82,83)88-60-70(77)61-89-95(84,85)91-65-72(63-87-74(79)57-49-41-35-34-38-46-54-68(6)7)93-76(81)59-51-43-32-26-22-18-19-23-28-36-44-52-66(2)3/h66-72,77H,9-65H2,1-8H3,(H,82,83)(H,84,85)/t69?,70-,71-,72-/m1/s1. The number of unbranched alkanes of at least 4 members (excludes halogenated alkanes) is 38. The van der Waals surface area contributed by atoms with Crippen molar-refractivity contribution >= 4 is 39.5 Å². The van der Waals surface area contributed by atoms with Gasteiger partial charge in [-0.3, -0.25) is 37.3 Å². The molecule has 0 fully saturated rings. The summed E-state index contributed by atoms with van der Waals surface area (Å²) in [6, 6.07) is 0. The first-order chi connectivity index (χ1) is 45.6. The van der Waals surface area contributed by atoms with Crippen LogP contribution >= 0.6 is 15.6 Å². The van der Waals surface area contributed by atoms with Gasteiger partial charge in [0.05, 0.1) is 26.4 Å². The first-order valence-electron chi connectivity index (χ1n) is 39.2. The smallest absolute Gasteiger partial charge is 0.462 e. The van der Waals surface area contributed by atoms with E-state index in [9.17, 15) is 43.2 Å². The van der Waals surface area contributed by atoms with Crippen molar-refractivity contribution in [3.05, 3.63) is 0 Å². The first kappa shape index (κ1) is 93.1. The van der Waals surface area contributed by atoms with E-state index in [1.165, 1.54) is 173 Å². The quantitative estimate of drug-likeness (QED) is 0.0222. The summed E-state index contributed by atoms with van der Waals surface area (Å²) in [7, 11) is -9.91. The van der Waals surface area contributed by atoms with E-state index in [1.807, 2.05) is 0 Å². The molecule has 95 heavy (non-hydrogen) atoms. The Morgan fingerprint density at radius 3 is 0.747 bits per heavy atom. The predicted molar refractivity (Wildman–Crippen MR) is 386 cm³/mol. The van der Waals surface area contributed by atoms with Gasteiger partial charge in [0, 0.05) is 25.7 Å². The van der Waals surface area contributed by atoms with Crippen LogP contribution in [-0.4, -0.2) is 96.7 Å². The van der Waals surface area contributed by atoms with Gasteiger partial charge in [-0.1, -0.05) is 331 Å². The highest BCUT2D eigenvalue weighted by molar-refractivity contribution is 7.47. The van der Waals surface area contributed by atoms with Crippen molar-refractivity contribution in [1.82, 2.24) is 0 Å². The lowest BCUT2D eigenvalue weighted by atomic mass is 9.99. The van der Waals surface area contributed by atoms with E-state index in [-0.39, 0.29) is 25.7 Å². The second-order valence-corrected chi connectivity index (χ2v) is 32.0. The van der Waals surface area contributed by atoms with E-state index >= 15 is 0 Å². The summed E-state index contributed by atoms with van der Waals surface area (Å²) < 4.78 is 68.4. The SMILES string of the molecule is CCC(C)CCCCCCCCCCCCCCCCCCCCC(=O)O[C@H](COC(=O)CCCCCCCCCC(C)C)COP(=O)(O)OC[C@@H](O)COP(=O)(O)OC[C@@H](COC(=O)CCCCCCCCC(C)C)OC(=O)CCCCCCCCCCCCCC(C)C. The highest BCUT2D eigenvalue weighted by atomic mass is 31.2. The molecule has 0 aromatic rings. The third-order valence-electron chi connectivity index (χ3n) is 17.9. The van der Waals surface area contributed by atoms with Crippen LogP contribution in [0.25, 0.3) is 0 Å². The molecule has 0 saturated heterocycles. The van der Waals surface area contributed by atoms with Crippen LogP contribution < -0.4 is 0 Å². The maximum atomic E-state index is 13.1. The zero-order chi connectivity index (χ0) is 70.3. The Morgan fingerprint density at radius 1 is 0.295 bits per heavy atom. The maximum absolute atomic E-state index is 13.1. The van der Waals surface area contributed by atoms with Gasteiger partial charge in [0.2, 0.25) is 0 Å². The maximum Gasteiger partial charge on any atom is 0.472 e. The number of aliphatic hydroxyl groups excluding tert-OH is 1. The van der Waals surface area contributed by atoms with Crippen LogP contribution in [0.15, 0.2) is 0 Å². The molecule has 0 aliphatic carbocycles. The largest absolute Gasteiger partial charge is 0.472 e. The summed E-state index contributed by atoms with van der Waals surface area (Å²) in [6.07, 6.45) is 50.3. The van der Waals surface area contributed by atoms with Crippen molar-refractivity contribution in [2.45, 2.75) is 401 Å². The Morgan fingerprint density at radius 2 is 0.505 bits per heavy atom. The molecule has 0 aliphatic heterocycles. The molecule has 3 unspecified atom stereocenters. The topological polar surface area (TPSA) is 237 Å². The number of hydrogen-bond donors (Lipinski definition) is 3. The van der Waals surface area contributed by atoms with Crippen molar-refractivity contribution in [3.63, 3.8) is 0 Å². The van der Waals surface area contributed by atoms with Crippen molar-refractivity contribution in [2.24, 2.45) is 23.7 Å². The molecule has 0 amide bonds. The molecular formula is C76H148O17P2. The Balaban J connectivity index is 5.15. The number of carbonyl (C=O) groups is 4. The van der Waals surface area contributed by atoms with Gasteiger partial charge in [-0.15, -0.1) is 0 Å². The monoisotopic (exact) mass is 1400 g/mol. The van der Waals surface area contributed by atoms with Gasteiger partial charge in [-0.05, 0) is 49.4 Å². The number of phosphoric ester groups is 2. The van der Waals surface area contributed by atoms with E-state index in [0.717, 1.165) is 115 Å². The van der Waals surface area contributed by atoms with Crippen LogP contribution in [0.4, 0.5) is 0 Å². The van der Waals surface area contributed by atoms with Gasteiger partial charge < -0.3 is 33.8 Å². The summed E-state index contributed by atoms with van der Waals surface area (Å²) in [5.74, 6) is 0.895.